The van der Waals surface area contributed by atoms with Crippen molar-refractivity contribution < 1.29 is 134 Å². The van der Waals surface area contributed by atoms with Crippen molar-refractivity contribution in [1.82, 2.24) is 48.9 Å². The number of phosphoric acid groups is 4. The largest absolute Gasteiger partial charge is 0.490 e. The molecule has 0 radical (unpaired) electrons. The van der Waals surface area contributed by atoms with Crippen LogP contribution in [0, 0.1) is 34.0 Å². The first-order chi connectivity index (χ1) is 40.8. The van der Waals surface area contributed by atoms with Gasteiger partial charge in [-0.1, -0.05) is 0 Å². The number of nitrogens with one attached hydrogen (secondary N) is 1. The highest BCUT2D eigenvalue weighted by Gasteiger charge is 2.61. The van der Waals surface area contributed by atoms with Crippen LogP contribution in [-0.2, 0) is 80.8 Å². The molecule has 6 aromatic rings. The second-order valence-corrected chi connectivity index (χ2v) is 25.7. The summed E-state index contributed by atoms with van der Waals surface area (Å²) in [5.41, 5.74) is 11.8. The Balaban J connectivity index is 0.000000190. The SMILES string of the molecule is C[C@H](NP(=O)(O)OC[C@H]1O[C@@](C#N)(c2ccc3c(N)ncnn23)[C@H](O)[C@@H]1O)C(=O)O.N#C[C@@]1(c2ccc3c(N)ncnn23)O[C@H](COP(=O)(O)O)[C@@H](O)[C@H]1O.N#C[C@@]1(c2ccc3c(N)ncnn23)O[C@H](COP(=O)(O)OP(=O)(O)OP(=O)(O)O)[C@@H](O)[C@H]1O. The molecule has 16 atom stereocenters. The molecule has 478 valence electrons. The molecule has 0 amide bonds. The summed E-state index contributed by atoms with van der Waals surface area (Å²) >= 11 is 0. The maximum absolute atomic E-state index is 12.0. The van der Waals surface area contributed by atoms with Crippen molar-refractivity contribution in [2.75, 3.05) is 37.0 Å². The molecule has 0 aliphatic carbocycles. The quantitative estimate of drug-likeness (QED) is 0.0338. The number of rotatable bonds is 19. The number of aliphatic hydroxyl groups excluding tert-OH is 6. The van der Waals surface area contributed by atoms with E-state index in [4.69, 9.17) is 65.5 Å². The highest BCUT2D eigenvalue weighted by atomic mass is 31.3. The van der Waals surface area contributed by atoms with Crippen LogP contribution in [0.1, 0.15) is 24.0 Å². The van der Waals surface area contributed by atoms with E-state index < -0.39 is 143 Å². The van der Waals surface area contributed by atoms with Crippen LogP contribution in [0.25, 0.3) is 16.6 Å². The number of carboxylic acid groups (broad SMARTS) is 1. The van der Waals surface area contributed by atoms with E-state index in [0.29, 0.717) is 11.0 Å². The highest BCUT2D eigenvalue weighted by Crippen LogP contribution is 2.66. The molecular weight excluding hydrogens is 1300 g/mol. The summed E-state index contributed by atoms with van der Waals surface area (Å²) in [5, 5.41) is 114. The molecule has 49 heteroatoms. The molecule has 0 aromatic carbocycles. The van der Waals surface area contributed by atoms with E-state index in [1.54, 1.807) is 12.1 Å². The smallest absolute Gasteiger partial charge is 0.480 e. The van der Waals surface area contributed by atoms with Gasteiger partial charge in [-0.15, -0.1) is 0 Å². The molecule has 6 aromatic heterocycles. The lowest BCUT2D eigenvalue weighted by atomic mass is 9.92. The van der Waals surface area contributed by atoms with E-state index >= 15 is 0 Å². The summed E-state index contributed by atoms with van der Waals surface area (Å²) in [6.45, 7) is -1.42. The number of hydrogen-bond acceptors (Lipinski definition) is 32. The summed E-state index contributed by atoms with van der Waals surface area (Å²) in [5.74, 6) is -1.12. The number of ether oxygens (including phenoxy) is 3. The molecule has 0 bridgehead atoms. The fraction of sp³-hybridized carbons (Fsp3) is 0.436. The van der Waals surface area contributed by atoms with Gasteiger partial charge < -0.3 is 101 Å². The molecule has 0 saturated carbocycles. The lowest BCUT2D eigenvalue weighted by molar-refractivity contribution is -0.138. The van der Waals surface area contributed by atoms with Crippen molar-refractivity contribution in [3.63, 3.8) is 0 Å². The van der Waals surface area contributed by atoms with Crippen LogP contribution in [0.3, 0.4) is 0 Å². The minimum Gasteiger partial charge on any atom is -0.480 e. The summed E-state index contributed by atoms with van der Waals surface area (Å²) < 4.78 is 97.4. The van der Waals surface area contributed by atoms with Crippen molar-refractivity contribution in [2.45, 2.75) is 84.7 Å². The zero-order chi connectivity index (χ0) is 65.5. The Morgan fingerprint density at radius 1 is 0.568 bits per heavy atom. The minimum absolute atomic E-state index is 0.0292. The minimum atomic E-state index is -5.76. The van der Waals surface area contributed by atoms with Gasteiger partial charge >= 0.3 is 45.0 Å². The fourth-order valence-electron chi connectivity index (χ4n) is 8.80. The molecule has 9 rings (SSSR count). The normalized spacial score (nSPS) is 29.5. The Labute approximate surface area is 488 Å². The Kier molecular flexibility index (Phi) is 20.2. The van der Waals surface area contributed by atoms with Gasteiger partial charge in [0.05, 0.1) is 36.9 Å². The Morgan fingerprint density at radius 2 is 0.898 bits per heavy atom. The first kappa shape index (κ1) is 69.0. The van der Waals surface area contributed by atoms with Crippen LogP contribution in [0.15, 0.2) is 55.4 Å². The van der Waals surface area contributed by atoms with Crippen molar-refractivity contribution >= 4 is 79.0 Å². The number of nitrogens with zero attached hydrogens (tertiary/aromatic N) is 12. The Morgan fingerprint density at radius 3 is 1.20 bits per heavy atom. The van der Waals surface area contributed by atoms with Crippen LogP contribution in [0.5, 0.6) is 0 Å². The van der Waals surface area contributed by atoms with E-state index in [9.17, 15) is 83.8 Å². The number of fused-ring (bicyclic) bond motifs is 3. The van der Waals surface area contributed by atoms with Crippen LogP contribution < -0.4 is 22.3 Å². The van der Waals surface area contributed by atoms with Crippen molar-refractivity contribution in [2.24, 2.45) is 0 Å². The van der Waals surface area contributed by atoms with Crippen molar-refractivity contribution in [3.8, 4) is 18.2 Å². The van der Waals surface area contributed by atoms with Gasteiger partial charge in [-0.3, -0.25) is 18.4 Å². The number of hydrogen-bond donors (Lipinski definition) is 18. The van der Waals surface area contributed by atoms with Gasteiger partial charge in [0.25, 0.3) is 0 Å². The molecule has 44 nitrogen and oxygen atoms in total. The van der Waals surface area contributed by atoms with Crippen molar-refractivity contribution in [1.29, 1.82) is 15.8 Å². The summed E-state index contributed by atoms with van der Waals surface area (Å²) in [6, 6.07) is 12.5. The Bertz CT molecular complexity index is 3980. The molecule has 88 heavy (non-hydrogen) atoms. The number of nitrogens with two attached hydrogens (primary N) is 3. The lowest BCUT2D eigenvalue weighted by Gasteiger charge is -2.24. The molecule has 9 heterocycles. The van der Waals surface area contributed by atoms with Gasteiger partial charge in [0.2, 0.25) is 16.8 Å². The number of carbonyl (C=O) groups is 1. The van der Waals surface area contributed by atoms with Gasteiger partial charge in [-0.2, -0.15) is 39.7 Å². The number of carboxylic acids is 1. The first-order valence-electron chi connectivity index (χ1n) is 23.9. The predicted octanol–water partition coefficient (Wildman–Crippen LogP) is -4.91. The number of anilines is 3. The topological polar surface area (TPSA) is 712 Å². The average molecular weight is 1340 g/mol. The van der Waals surface area contributed by atoms with Gasteiger partial charge in [0, 0.05) is 0 Å². The van der Waals surface area contributed by atoms with E-state index in [1.807, 2.05) is 11.2 Å². The Hall–Kier alpha value is -6.53. The number of nitrogen functional groups attached to an aromatic ring is 3. The van der Waals surface area contributed by atoms with Crippen LogP contribution in [0.4, 0.5) is 17.5 Å². The van der Waals surface area contributed by atoms with E-state index in [-0.39, 0.29) is 40.1 Å². The number of aliphatic hydroxyl groups is 6. The van der Waals surface area contributed by atoms with Crippen LogP contribution >= 0.6 is 39.0 Å². The molecule has 3 unspecified atom stereocenters. The predicted molar refractivity (Wildman–Crippen MR) is 279 cm³/mol. The first-order valence-corrected chi connectivity index (χ1v) is 31.5. The summed E-state index contributed by atoms with van der Waals surface area (Å²) in [4.78, 5) is 85.2. The van der Waals surface area contributed by atoms with E-state index in [0.717, 1.165) is 30.4 Å². The molecule has 3 fully saturated rings. The molecular formula is C39H49N16O28P5. The monoisotopic (exact) mass is 1340 g/mol. The molecule has 21 N–H and O–H groups in total. The van der Waals surface area contributed by atoms with Crippen LogP contribution in [-0.4, -0.2) is 201 Å². The zero-order valence-corrected chi connectivity index (χ0v) is 48.4. The second-order valence-electron chi connectivity index (χ2n) is 18.5. The number of aliphatic carboxylic acids is 1. The lowest BCUT2D eigenvalue weighted by Crippen LogP contribution is -2.41. The highest BCUT2D eigenvalue weighted by molar-refractivity contribution is 7.66. The molecule has 3 saturated heterocycles. The van der Waals surface area contributed by atoms with E-state index in [1.165, 1.54) is 45.4 Å². The molecule has 3 aliphatic rings. The maximum Gasteiger partial charge on any atom is 0.490 e. The maximum atomic E-state index is 12.0. The third-order valence-electron chi connectivity index (χ3n) is 12.8. The zero-order valence-electron chi connectivity index (χ0n) is 43.9. The third-order valence-corrected chi connectivity index (χ3v) is 18.3. The average Bonchev–Trinajstić information content (AvgIpc) is 1.61. The number of aromatic nitrogens is 9. The van der Waals surface area contributed by atoms with Crippen molar-refractivity contribution in [3.05, 3.63) is 72.5 Å². The summed E-state index contributed by atoms with van der Waals surface area (Å²) in [6.07, 6.45) is -11.7. The standard InChI is InChI=1S/C15H19N6O8P.C12H16N5O13P3.C12H14N5O7P/c1-7(14(24)25)20-30(26,27)28-4-9-11(22)12(23)15(5-16,29-9)10-3-2-8-13(17)18-6-19-21(8)10;13-4-12(8-2-1-6-11(14)15-5-16-17(6)8)10(19)9(18)7(28-12)3-27-32(23,24)30-33(25,26)29-31(20,21)22;13-4-12(8-2-1-6-11(14)15-5-16-17(6)8)10(19)9(18)7(24-12)3-23-25(20,21)22/h2-3,6-7,9,11-12,22-23H,4H2,1H3,(H,24,25)(H2,17,18,19)(H2,20,26,27);1-2,5,7,9-10,18-19H,3H2,(H,23,24)(H,25,26)(H2,14,15,16)(H2,20,21,22);1-2,5,7,9-10,18-19H,3H2,(H2,14,15,16)(H2,20,21,22)/t7-,9+,11+,12+,15-;2*7-,9-,10-,12+/m011/s1. The van der Waals surface area contributed by atoms with Crippen LogP contribution in [0.2, 0.25) is 0 Å². The third kappa shape index (κ3) is 14.2. The second kappa shape index (κ2) is 25.8. The molecule has 0 spiro atoms. The van der Waals surface area contributed by atoms with Gasteiger partial charge in [-0.05, 0) is 43.3 Å². The fourth-order valence-corrected chi connectivity index (χ4v) is 13.2. The van der Waals surface area contributed by atoms with E-state index in [2.05, 4.69) is 47.9 Å². The van der Waals surface area contributed by atoms with Gasteiger partial charge in [0.1, 0.15) is 115 Å². The van der Waals surface area contributed by atoms with Gasteiger partial charge in [0.15, 0.2) is 17.5 Å². The molecule has 3 aliphatic heterocycles. The van der Waals surface area contributed by atoms with Gasteiger partial charge in [-0.25, -0.2) is 56.4 Å². The number of phosphoric ester groups is 2. The summed E-state index contributed by atoms with van der Waals surface area (Å²) in [7, 11) is -26.3. The number of nitriles is 3.